The molecule has 0 bridgehead atoms. The van der Waals surface area contributed by atoms with E-state index in [9.17, 15) is 9.59 Å². The number of hydrogen-bond donors (Lipinski definition) is 1. The Morgan fingerprint density at radius 3 is 2.27 bits per heavy atom. The molecule has 0 spiro atoms. The van der Waals surface area contributed by atoms with Crippen molar-refractivity contribution in [3.05, 3.63) is 59.7 Å². The zero-order valence-electron chi connectivity index (χ0n) is 17.1. The van der Waals surface area contributed by atoms with Crippen LogP contribution in [-0.2, 0) is 11.3 Å². The Balaban J connectivity index is 1.66. The average Bonchev–Trinajstić information content (AvgIpc) is 2.79. The molecule has 0 aliphatic heterocycles. The highest BCUT2D eigenvalue weighted by molar-refractivity contribution is 6.00. The molecular formula is C23H23NO6. The lowest BCUT2D eigenvalue weighted by Gasteiger charge is -2.15. The Hall–Kier alpha value is -3.74. The van der Waals surface area contributed by atoms with Gasteiger partial charge in [-0.15, -0.1) is 0 Å². The summed E-state index contributed by atoms with van der Waals surface area (Å²) in [6, 6.07) is 14.6. The first-order valence-corrected chi connectivity index (χ1v) is 9.26. The van der Waals surface area contributed by atoms with Crippen molar-refractivity contribution in [2.75, 3.05) is 27.9 Å². The molecule has 0 radical (unpaired) electrons. The molecule has 0 aromatic heterocycles. The van der Waals surface area contributed by atoms with Gasteiger partial charge in [-0.1, -0.05) is 30.3 Å². The number of aldehydes is 1. The normalized spacial score (nSPS) is 10.4. The highest BCUT2D eigenvalue weighted by atomic mass is 16.5. The van der Waals surface area contributed by atoms with E-state index in [1.165, 1.54) is 21.3 Å². The summed E-state index contributed by atoms with van der Waals surface area (Å²) in [7, 11) is 4.59. The van der Waals surface area contributed by atoms with Crippen molar-refractivity contribution in [2.45, 2.75) is 6.54 Å². The summed E-state index contributed by atoms with van der Waals surface area (Å²) in [5.41, 5.74) is 1.20. The Morgan fingerprint density at radius 1 is 0.933 bits per heavy atom. The highest BCUT2D eigenvalue weighted by Crippen LogP contribution is 2.38. The van der Waals surface area contributed by atoms with Gasteiger partial charge in [0.1, 0.15) is 5.75 Å². The number of ether oxygens (including phenoxy) is 4. The second-order valence-electron chi connectivity index (χ2n) is 6.42. The third kappa shape index (κ3) is 4.46. The molecule has 3 aromatic carbocycles. The number of benzene rings is 3. The Bertz CT molecular complexity index is 1040. The maximum absolute atomic E-state index is 12.3. The van der Waals surface area contributed by atoms with E-state index >= 15 is 0 Å². The van der Waals surface area contributed by atoms with Crippen molar-refractivity contribution >= 4 is 23.0 Å². The van der Waals surface area contributed by atoms with Crippen LogP contribution in [0.3, 0.4) is 0 Å². The summed E-state index contributed by atoms with van der Waals surface area (Å²) < 4.78 is 21.5. The number of amides is 1. The van der Waals surface area contributed by atoms with Crippen molar-refractivity contribution in [3.8, 4) is 23.0 Å². The van der Waals surface area contributed by atoms with E-state index < -0.39 is 0 Å². The fraction of sp³-hybridized carbons (Fsp3) is 0.217. The van der Waals surface area contributed by atoms with Gasteiger partial charge >= 0.3 is 0 Å². The largest absolute Gasteiger partial charge is 0.493 e. The van der Waals surface area contributed by atoms with Gasteiger partial charge in [-0.05, 0) is 34.5 Å². The molecule has 0 fully saturated rings. The fourth-order valence-corrected chi connectivity index (χ4v) is 3.16. The molecule has 0 saturated carbocycles. The van der Waals surface area contributed by atoms with Crippen LogP contribution in [0.5, 0.6) is 23.0 Å². The van der Waals surface area contributed by atoms with Gasteiger partial charge in [0.2, 0.25) is 5.75 Å². The molecule has 0 saturated heterocycles. The Kier molecular flexibility index (Phi) is 6.75. The number of carbonyl (C=O) groups excluding carboxylic acids is 2. The quantitative estimate of drug-likeness (QED) is 0.546. The van der Waals surface area contributed by atoms with E-state index in [0.29, 0.717) is 28.6 Å². The van der Waals surface area contributed by atoms with Crippen molar-refractivity contribution in [1.29, 1.82) is 0 Å². The summed E-state index contributed by atoms with van der Waals surface area (Å²) in [4.78, 5) is 23.8. The predicted molar refractivity (Wildman–Crippen MR) is 113 cm³/mol. The van der Waals surface area contributed by atoms with Gasteiger partial charge in [-0.3, -0.25) is 9.59 Å². The van der Waals surface area contributed by atoms with Crippen LogP contribution in [-0.4, -0.2) is 40.1 Å². The second-order valence-corrected chi connectivity index (χ2v) is 6.42. The number of rotatable bonds is 9. The maximum Gasteiger partial charge on any atom is 0.258 e. The van der Waals surface area contributed by atoms with Crippen LogP contribution in [0, 0.1) is 0 Å². The van der Waals surface area contributed by atoms with Gasteiger partial charge in [0.05, 0.1) is 26.9 Å². The van der Waals surface area contributed by atoms with Crippen molar-refractivity contribution in [1.82, 2.24) is 5.32 Å². The van der Waals surface area contributed by atoms with Gasteiger partial charge < -0.3 is 24.3 Å². The van der Waals surface area contributed by atoms with E-state index in [1.54, 1.807) is 18.2 Å². The zero-order valence-corrected chi connectivity index (χ0v) is 17.1. The van der Waals surface area contributed by atoms with E-state index in [1.807, 2.05) is 30.3 Å². The molecule has 0 heterocycles. The second kappa shape index (κ2) is 9.65. The van der Waals surface area contributed by atoms with Crippen LogP contribution in [0.2, 0.25) is 0 Å². The first kappa shape index (κ1) is 21.0. The lowest BCUT2D eigenvalue weighted by molar-refractivity contribution is -0.123. The third-order valence-corrected chi connectivity index (χ3v) is 4.62. The van der Waals surface area contributed by atoms with Crippen LogP contribution in [0.15, 0.2) is 48.5 Å². The number of hydrogen-bond acceptors (Lipinski definition) is 6. The standard InChI is InChI=1S/C23H23NO6/c1-27-20-10-15(11-21(28-2)23(20)29-3)12-24-22(26)14-30-19-9-8-16-6-4-5-7-17(16)18(19)13-25/h4-11,13H,12,14H2,1-3H3,(H,24,26). The number of methoxy groups -OCH3 is 3. The van der Waals surface area contributed by atoms with Crippen LogP contribution in [0.4, 0.5) is 0 Å². The van der Waals surface area contributed by atoms with Gasteiger partial charge in [-0.25, -0.2) is 0 Å². The molecule has 3 aromatic rings. The highest BCUT2D eigenvalue weighted by Gasteiger charge is 2.14. The van der Waals surface area contributed by atoms with E-state index in [2.05, 4.69) is 5.32 Å². The molecule has 30 heavy (non-hydrogen) atoms. The SMILES string of the molecule is COc1cc(CNC(=O)COc2ccc3ccccc3c2C=O)cc(OC)c1OC. The van der Waals surface area contributed by atoms with Crippen molar-refractivity contribution < 1.29 is 28.5 Å². The average molecular weight is 409 g/mol. The molecule has 156 valence electrons. The first-order valence-electron chi connectivity index (χ1n) is 9.26. The van der Waals surface area contributed by atoms with E-state index in [-0.39, 0.29) is 19.1 Å². The lowest BCUT2D eigenvalue weighted by atomic mass is 10.0. The van der Waals surface area contributed by atoms with Gasteiger partial charge in [0, 0.05) is 6.54 Å². The zero-order chi connectivity index (χ0) is 21.5. The number of fused-ring (bicyclic) bond motifs is 1. The molecule has 1 amide bonds. The minimum atomic E-state index is -0.325. The van der Waals surface area contributed by atoms with Gasteiger partial charge in [-0.2, -0.15) is 0 Å². The van der Waals surface area contributed by atoms with E-state index in [4.69, 9.17) is 18.9 Å². The molecule has 1 N–H and O–H groups in total. The molecule has 0 aliphatic carbocycles. The number of carbonyl (C=O) groups is 2. The molecule has 0 atom stereocenters. The summed E-state index contributed by atoms with van der Waals surface area (Å²) in [5.74, 6) is 1.53. The topological polar surface area (TPSA) is 83.1 Å². The minimum absolute atomic E-state index is 0.219. The molecule has 0 aliphatic rings. The Morgan fingerprint density at radius 2 is 1.63 bits per heavy atom. The van der Waals surface area contributed by atoms with Crippen LogP contribution in [0.1, 0.15) is 15.9 Å². The van der Waals surface area contributed by atoms with Gasteiger partial charge in [0.25, 0.3) is 5.91 Å². The Labute approximate surface area is 174 Å². The minimum Gasteiger partial charge on any atom is -0.493 e. The monoisotopic (exact) mass is 409 g/mol. The first-order chi connectivity index (χ1) is 14.6. The van der Waals surface area contributed by atoms with Crippen LogP contribution < -0.4 is 24.3 Å². The van der Waals surface area contributed by atoms with E-state index in [0.717, 1.165) is 22.6 Å². The van der Waals surface area contributed by atoms with Crippen molar-refractivity contribution in [2.24, 2.45) is 0 Å². The predicted octanol–water partition coefficient (Wildman–Crippen LogP) is 3.37. The summed E-state index contributed by atoms with van der Waals surface area (Å²) in [5, 5.41) is 4.49. The van der Waals surface area contributed by atoms with Crippen LogP contribution >= 0.6 is 0 Å². The molecule has 7 heteroatoms. The third-order valence-electron chi connectivity index (χ3n) is 4.62. The summed E-state index contributed by atoms with van der Waals surface area (Å²) in [6.45, 7) is 0.0285. The smallest absolute Gasteiger partial charge is 0.258 e. The fourth-order valence-electron chi connectivity index (χ4n) is 3.16. The van der Waals surface area contributed by atoms with Crippen molar-refractivity contribution in [3.63, 3.8) is 0 Å². The maximum atomic E-state index is 12.3. The number of nitrogens with one attached hydrogen (secondary N) is 1. The molecular weight excluding hydrogens is 386 g/mol. The van der Waals surface area contributed by atoms with Crippen LogP contribution in [0.25, 0.3) is 10.8 Å². The van der Waals surface area contributed by atoms with Gasteiger partial charge in [0.15, 0.2) is 24.4 Å². The summed E-state index contributed by atoms with van der Waals surface area (Å²) in [6.07, 6.45) is 0.742. The lowest BCUT2D eigenvalue weighted by Crippen LogP contribution is -2.28. The molecule has 0 unspecified atom stereocenters. The molecule has 7 nitrogen and oxygen atoms in total. The molecule has 3 rings (SSSR count). The summed E-state index contributed by atoms with van der Waals surface area (Å²) >= 11 is 0.